The lowest BCUT2D eigenvalue weighted by Crippen LogP contribution is -2.53. The van der Waals surface area contributed by atoms with E-state index in [2.05, 4.69) is 21.2 Å². The summed E-state index contributed by atoms with van der Waals surface area (Å²) in [7, 11) is -4.11. The molecule has 0 aliphatic heterocycles. The van der Waals surface area contributed by atoms with E-state index in [0.29, 0.717) is 5.69 Å². The molecule has 1 saturated carbocycles. The first-order valence-electron chi connectivity index (χ1n) is 14.5. The average molecular weight is 655 g/mol. The Bertz CT molecular complexity index is 1520. The van der Waals surface area contributed by atoms with Crippen LogP contribution in [-0.4, -0.2) is 43.8 Å². The maximum Gasteiger partial charge on any atom is 0.264 e. The van der Waals surface area contributed by atoms with Crippen LogP contribution in [0.25, 0.3) is 0 Å². The van der Waals surface area contributed by atoms with Crippen LogP contribution in [0.4, 0.5) is 5.69 Å². The maximum atomic E-state index is 14.2. The van der Waals surface area contributed by atoms with Gasteiger partial charge in [0.2, 0.25) is 11.8 Å². The summed E-state index contributed by atoms with van der Waals surface area (Å²) in [6.45, 7) is 7.03. The van der Waals surface area contributed by atoms with Crippen LogP contribution in [0.5, 0.6) is 0 Å². The van der Waals surface area contributed by atoms with Crippen LogP contribution in [0.2, 0.25) is 0 Å². The molecule has 1 fully saturated rings. The molecule has 0 radical (unpaired) electrons. The number of carbonyl (C=O) groups excluding carboxylic acids is 2. The van der Waals surface area contributed by atoms with Crippen molar-refractivity contribution in [3.05, 3.63) is 93.5 Å². The van der Waals surface area contributed by atoms with Crippen molar-refractivity contribution in [1.82, 2.24) is 10.2 Å². The van der Waals surface area contributed by atoms with Crippen LogP contribution < -0.4 is 9.62 Å². The van der Waals surface area contributed by atoms with Crippen molar-refractivity contribution in [2.24, 2.45) is 0 Å². The molecule has 0 saturated heterocycles. The molecule has 9 heteroatoms. The number of aryl methyl sites for hydroxylation is 3. The minimum absolute atomic E-state index is 0.0879. The van der Waals surface area contributed by atoms with Crippen molar-refractivity contribution in [2.75, 3.05) is 10.8 Å². The van der Waals surface area contributed by atoms with Gasteiger partial charge in [-0.15, -0.1) is 0 Å². The number of benzene rings is 3. The first kappa shape index (κ1) is 31.8. The molecular weight excluding hydrogens is 614 g/mol. The lowest BCUT2D eigenvalue weighted by atomic mass is 9.95. The van der Waals surface area contributed by atoms with Gasteiger partial charge in [-0.1, -0.05) is 77.2 Å². The first-order chi connectivity index (χ1) is 20.0. The van der Waals surface area contributed by atoms with Gasteiger partial charge >= 0.3 is 0 Å². The molecule has 0 bridgehead atoms. The lowest BCUT2D eigenvalue weighted by molar-refractivity contribution is -0.139. The number of nitrogens with zero attached hydrogens (tertiary/aromatic N) is 2. The molecule has 42 heavy (non-hydrogen) atoms. The average Bonchev–Trinajstić information content (AvgIpc) is 2.96. The molecule has 224 valence electrons. The third-order valence-corrected chi connectivity index (χ3v) is 10.1. The number of carbonyl (C=O) groups is 2. The summed E-state index contributed by atoms with van der Waals surface area (Å²) in [5.41, 5.74) is 3.80. The van der Waals surface area contributed by atoms with E-state index in [0.717, 1.165) is 52.4 Å². The van der Waals surface area contributed by atoms with Crippen molar-refractivity contribution < 1.29 is 18.0 Å². The molecule has 7 nitrogen and oxygen atoms in total. The van der Waals surface area contributed by atoms with E-state index in [1.54, 1.807) is 37.3 Å². The highest BCUT2D eigenvalue weighted by molar-refractivity contribution is 9.10. The van der Waals surface area contributed by atoms with Crippen molar-refractivity contribution in [3.8, 4) is 0 Å². The Hall–Kier alpha value is -3.17. The van der Waals surface area contributed by atoms with Gasteiger partial charge in [0.1, 0.15) is 12.6 Å². The topological polar surface area (TPSA) is 86.8 Å². The summed E-state index contributed by atoms with van der Waals surface area (Å²) < 4.78 is 30.2. The summed E-state index contributed by atoms with van der Waals surface area (Å²) in [6, 6.07) is 19.0. The van der Waals surface area contributed by atoms with Crippen LogP contribution in [0.15, 0.2) is 76.1 Å². The Morgan fingerprint density at radius 3 is 2.26 bits per heavy atom. The van der Waals surface area contributed by atoms with Crippen molar-refractivity contribution in [2.45, 2.75) is 83.3 Å². The smallest absolute Gasteiger partial charge is 0.264 e. The van der Waals surface area contributed by atoms with Gasteiger partial charge in [-0.3, -0.25) is 13.9 Å². The first-order valence-corrected chi connectivity index (χ1v) is 16.7. The lowest BCUT2D eigenvalue weighted by Gasteiger charge is -2.33. The second kappa shape index (κ2) is 13.9. The van der Waals surface area contributed by atoms with Gasteiger partial charge in [0.05, 0.1) is 10.6 Å². The summed E-state index contributed by atoms with van der Waals surface area (Å²) in [6.07, 6.45) is 5.16. The predicted octanol–water partition coefficient (Wildman–Crippen LogP) is 6.44. The van der Waals surface area contributed by atoms with Gasteiger partial charge in [-0.2, -0.15) is 0 Å². The summed E-state index contributed by atoms with van der Waals surface area (Å²) in [4.78, 5) is 29.3. The fourth-order valence-corrected chi connectivity index (χ4v) is 7.24. The van der Waals surface area contributed by atoms with Crippen LogP contribution in [-0.2, 0) is 26.2 Å². The highest BCUT2D eigenvalue weighted by Gasteiger charge is 2.33. The molecular formula is C33H40BrN3O4S. The summed E-state index contributed by atoms with van der Waals surface area (Å²) in [5.74, 6) is -0.692. The highest BCUT2D eigenvalue weighted by Crippen LogP contribution is 2.29. The largest absolute Gasteiger partial charge is 0.352 e. The maximum absolute atomic E-state index is 14.2. The number of rotatable bonds is 10. The van der Waals surface area contributed by atoms with Gasteiger partial charge in [-0.25, -0.2) is 8.42 Å². The van der Waals surface area contributed by atoms with Gasteiger partial charge in [0.25, 0.3) is 10.0 Å². The second-order valence-electron chi connectivity index (χ2n) is 11.3. The third-order valence-electron chi connectivity index (χ3n) is 7.88. The van der Waals surface area contributed by atoms with E-state index in [-0.39, 0.29) is 23.4 Å². The number of hydrogen-bond donors (Lipinski definition) is 1. The van der Waals surface area contributed by atoms with Crippen molar-refractivity contribution >= 4 is 43.5 Å². The molecule has 3 aromatic carbocycles. The highest BCUT2D eigenvalue weighted by atomic mass is 79.9. The standard InChI is InChI=1S/C33H40BrN3O4S/c1-23-14-17-30(18-15-23)42(40,41)37(31-19-24(2)13-16-25(31)3)22-32(38)36(21-27-9-8-10-28(34)20-27)26(4)33(39)35-29-11-6-5-7-12-29/h8-10,13-20,26,29H,5-7,11-12,21-22H2,1-4H3,(H,35,39)/t26-/m0/s1. The molecule has 1 N–H and O–H groups in total. The molecule has 0 unspecified atom stereocenters. The van der Waals surface area contributed by atoms with E-state index in [1.807, 2.05) is 57.2 Å². The predicted molar refractivity (Wildman–Crippen MR) is 171 cm³/mol. The van der Waals surface area contributed by atoms with E-state index in [4.69, 9.17) is 0 Å². The van der Waals surface area contributed by atoms with Gasteiger partial charge < -0.3 is 10.2 Å². The minimum atomic E-state index is -4.11. The normalized spacial score (nSPS) is 14.7. The molecule has 3 aromatic rings. The SMILES string of the molecule is Cc1ccc(S(=O)(=O)N(CC(=O)N(Cc2cccc(Br)c2)[C@@H](C)C(=O)NC2CCCCC2)c2cc(C)ccc2C)cc1. The quantitative estimate of drug-likeness (QED) is 0.273. The molecule has 4 rings (SSSR count). The number of anilines is 1. The fraction of sp³-hybridized carbons (Fsp3) is 0.394. The van der Waals surface area contributed by atoms with Crippen LogP contribution >= 0.6 is 15.9 Å². The fourth-order valence-electron chi connectivity index (χ4n) is 5.32. The van der Waals surface area contributed by atoms with Crippen LogP contribution in [0.1, 0.15) is 61.3 Å². The number of amides is 2. The van der Waals surface area contributed by atoms with E-state index in [1.165, 1.54) is 15.6 Å². The number of nitrogens with one attached hydrogen (secondary N) is 1. The van der Waals surface area contributed by atoms with E-state index >= 15 is 0 Å². The van der Waals surface area contributed by atoms with E-state index in [9.17, 15) is 18.0 Å². The summed E-state index contributed by atoms with van der Waals surface area (Å²) in [5, 5.41) is 3.14. The van der Waals surface area contributed by atoms with Crippen molar-refractivity contribution in [3.63, 3.8) is 0 Å². The van der Waals surface area contributed by atoms with Gasteiger partial charge in [0, 0.05) is 17.1 Å². The Morgan fingerprint density at radius 1 is 0.929 bits per heavy atom. The molecule has 1 aliphatic rings. The minimum Gasteiger partial charge on any atom is -0.352 e. The molecule has 1 aliphatic carbocycles. The Morgan fingerprint density at radius 2 is 1.60 bits per heavy atom. The summed E-state index contributed by atoms with van der Waals surface area (Å²) >= 11 is 3.49. The zero-order valence-electron chi connectivity index (χ0n) is 24.8. The molecule has 0 spiro atoms. The molecule has 0 aromatic heterocycles. The molecule has 2 amide bonds. The monoisotopic (exact) mass is 653 g/mol. The number of halogens is 1. The zero-order chi connectivity index (χ0) is 30.4. The van der Waals surface area contributed by atoms with Crippen molar-refractivity contribution in [1.29, 1.82) is 0 Å². The number of hydrogen-bond acceptors (Lipinski definition) is 4. The Balaban J connectivity index is 1.71. The Labute approximate surface area is 258 Å². The molecule has 0 heterocycles. The second-order valence-corrected chi connectivity index (χ2v) is 14.1. The Kier molecular flexibility index (Phi) is 10.5. The van der Waals surface area contributed by atoms with Crippen LogP contribution in [0.3, 0.4) is 0 Å². The number of sulfonamides is 1. The van der Waals surface area contributed by atoms with Crippen LogP contribution in [0, 0.1) is 20.8 Å². The molecule has 1 atom stereocenters. The van der Waals surface area contributed by atoms with Gasteiger partial charge in [0.15, 0.2) is 0 Å². The van der Waals surface area contributed by atoms with E-state index < -0.39 is 28.5 Å². The third kappa shape index (κ3) is 7.81. The van der Waals surface area contributed by atoms with Gasteiger partial charge in [-0.05, 0) is 87.6 Å². The zero-order valence-corrected chi connectivity index (χ0v) is 27.2.